The van der Waals surface area contributed by atoms with Crippen LogP contribution < -0.4 is 5.32 Å². The number of hydrogen-bond acceptors (Lipinski definition) is 4. The highest BCUT2D eigenvalue weighted by Crippen LogP contribution is 2.33. The van der Waals surface area contributed by atoms with E-state index in [-0.39, 0.29) is 23.7 Å². The predicted molar refractivity (Wildman–Crippen MR) is 90.6 cm³/mol. The van der Waals surface area contributed by atoms with Gasteiger partial charge in [0.05, 0.1) is 23.2 Å². The van der Waals surface area contributed by atoms with Gasteiger partial charge in [0.15, 0.2) is 5.69 Å². The third kappa shape index (κ3) is 5.01. The molecule has 6 nitrogen and oxygen atoms in total. The van der Waals surface area contributed by atoms with E-state index in [0.29, 0.717) is 4.68 Å². The van der Waals surface area contributed by atoms with E-state index in [2.05, 4.69) is 10.4 Å². The second-order valence-electron chi connectivity index (χ2n) is 5.36. The van der Waals surface area contributed by atoms with Gasteiger partial charge in [-0.2, -0.15) is 18.3 Å². The second-order valence-corrected chi connectivity index (χ2v) is 6.46. The van der Waals surface area contributed by atoms with Crippen molar-refractivity contribution in [3.63, 3.8) is 0 Å². The SMILES string of the molecule is Cc1cccc(-n2ncc(C(=O)NCCSCC(=O)O)c2C(F)(F)F)c1. The lowest BCUT2D eigenvalue weighted by atomic mass is 10.2. The number of benzene rings is 1. The molecular weight excluding hydrogens is 371 g/mol. The molecule has 0 aliphatic rings. The van der Waals surface area contributed by atoms with Crippen molar-refractivity contribution in [3.05, 3.63) is 47.3 Å². The molecule has 0 spiro atoms. The molecule has 1 heterocycles. The molecule has 0 radical (unpaired) electrons. The number of aryl methyl sites for hydroxylation is 1. The first-order valence-electron chi connectivity index (χ1n) is 7.50. The Balaban J connectivity index is 2.21. The van der Waals surface area contributed by atoms with Gasteiger partial charge in [0.1, 0.15) is 0 Å². The first kappa shape index (κ1) is 19.8. The molecule has 1 aromatic carbocycles. The Kier molecular flexibility index (Phi) is 6.30. The zero-order valence-electron chi connectivity index (χ0n) is 13.7. The molecule has 0 bridgehead atoms. The minimum atomic E-state index is -4.77. The lowest BCUT2D eigenvalue weighted by Gasteiger charge is -2.13. The maximum atomic E-state index is 13.5. The summed E-state index contributed by atoms with van der Waals surface area (Å²) >= 11 is 1.05. The number of thioether (sulfide) groups is 1. The fraction of sp³-hybridized carbons (Fsp3) is 0.312. The number of carboxylic acid groups (broad SMARTS) is 1. The number of carbonyl (C=O) groups excluding carboxylic acids is 1. The quantitative estimate of drug-likeness (QED) is 0.714. The Morgan fingerprint density at radius 3 is 2.69 bits per heavy atom. The summed E-state index contributed by atoms with van der Waals surface area (Å²) in [5.41, 5.74) is -0.776. The van der Waals surface area contributed by atoms with Gasteiger partial charge in [0, 0.05) is 12.3 Å². The second kappa shape index (κ2) is 8.26. The molecule has 0 aliphatic heterocycles. The van der Waals surface area contributed by atoms with Crippen molar-refractivity contribution in [2.24, 2.45) is 0 Å². The summed E-state index contributed by atoms with van der Waals surface area (Å²) in [6.45, 7) is 1.78. The summed E-state index contributed by atoms with van der Waals surface area (Å²) in [5.74, 6) is -1.78. The maximum Gasteiger partial charge on any atom is 0.434 e. The number of aliphatic carboxylic acids is 1. The van der Waals surface area contributed by atoms with Crippen LogP contribution in [-0.4, -0.2) is 44.8 Å². The number of aromatic nitrogens is 2. The van der Waals surface area contributed by atoms with Gasteiger partial charge >= 0.3 is 12.1 Å². The van der Waals surface area contributed by atoms with Crippen molar-refractivity contribution >= 4 is 23.6 Å². The molecule has 10 heteroatoms. The third-order valence-corrected chi connectivity index (χ3v) is 4.23. The van der Waals surface area contributed by atoms with E-state index in [1.807, 2.05) is 0 Å². The smallest absolute Gasteiger partial charge is 0.434 e. The minimum absolute atomic E-state index is 0.0453. The Morgan fingerprint density at radius 2 is 2.08 bits per heavy atom. The van der Waals surface area contributed by atoms with Gasteiger partial charge in [-0.25, -0.2) is 4.68 Å². The molecular formula is C16H16F3N3O3S. The average molecular weight is 387 g/mol. The van der Waals surface area contributed by atoms with Crippen LogP contribution in [-0.2, 0) is 11.0 Å². The van der Waals surface area contributed by atoms with Gasteiger partial charge in [-0.1, -0.05) is 12.1 Å². The molecule has 0 atom stereocenters. The summed E-state index contributed by atoms with van der Waals surface area (Å²) in [6.07, 6.45) is -3.89. The maximum absolute atomic E-state index is 13.5. The standard InChI is InChI=1S/C16H16F3N3O3S/c1-10-3-2-4-11(7-10)22-14(16(17,18)19)12(8-21-22)15(25)20-5-6-26-9-13(23)24/h2-4,7-8H,5-6,9H2,1H3,(H,20,25)(H,23,24). The number of halogens is 3. The lowest BCUT2D eigenvalue weighted by molar-refractivity contribution is -0.143. The van der Waals surface area contributed by atoms with Gasteiger partial charge in [-0.15, -0.1) is 11.8 Å². The Hall–Kier alpha value is -2.49. The monoisotopic (exact) mass is 387 g/mol. The molecule has 2 rings (SSSR count). The van der Waals surface area contributed by atoms with Crippen LogP contribution in [0.15, 0.2) is 30.5 Å². The van der Waals surface area contributed by atoms with Crippen molar-refractivity contribution in [3.8, 4) is 5.69 Å². The van der Waals surface area contributed by atoms with Crippen LogP contribution in [0.5, 0.6) is 0 Å². The topological polar surface area (TPSA) is 84.2 Å². The Labute approximate surface area is 151 Å². The van der Waals surface area contributed by atoms with Crippen molar-refractivity contribution in [1.29, 1.82) is 0 Å². The normalized spacial score (nSPS) is 11.4. The summed E-state index contributed by atoms with van der Waals surface area (Å²) in [6, 6.07) is 6.35. The van der Waals surface area contributed by atoms with Crippen LogP contribution in [0.2, 0.25) is 0 Å². The van der Waals surface area contributed by atoms with Crippen molar-refractivity contribution < 1.29 is 27.9 Å². The molecule has 0 saturated carbocycles. The third-order valence-electron chi connectivity index (χ3n) is 3.29. The molecule has 0 fully saturated rings. The van der Waals surface area contributed by atoms with Gasteiger partial charge in [-0.05, 0) is 24.6 Å². The van der Waals surface area contributed by atoms with E-state index < -0.39 is 29.3 Å². The van der Waals surface area contributed by atoms with Crippen LogP contribution in [0, 0.1) is 6.92 Å². The first-order chi connectivity index (χ1) is 12.2. The molecule has 0 aliphatic carbocycles. The van der Waals surface area contributed by atoms with Crippen LogP contribution >= 0.6 is 11.8 Å². The highest BCUT2D eigenvalue weighted by Gasteiger charge is 2.40. The summed E-state index contributed by atoms with van der Waals surface area (Å²) in [7, 11) is 0. The average Bonchev–Trinajstić information content (AvgIpc) is 2.99. The number of carbonyl (C=O) groups is 2. The van der Waals surface area contributed by atoms with Crippen molar-refractivity contribution in [2.45, 2.75) is 13.1 Å². The van der Waals surface area contributed by atoms with Gasteiger partial charge in [0.25, 0.3) is 5.91 Å². The summed E-state index contributed by atoms with van der Waals surface area (Å²) in [5, 5.41) is 14.6. The van der Waals surface area contributed by atoms with E-state index in [0.717, 1.165) is 23.5 Å². The number of hydrogen-bond donors (Lipinski definition) is 2. The molecule has 140 valence electrons. The molecule has 1 amide bonds. The zero-order valence-corrected chi connectivity index (χ0v) is 14.5. The fourth-order valence-corrected chi connectivity index (χ4v) is 2.80. The van der Waals surface area contributed by atoms with E-state index in [1.165, 1.54) is 12.1 Å². The Morgan fingerprint density at radius 1 is 1.35 bits per heavy atom. The Bertz CT molecular complexity index is 806. The summed E-state index contributed by atoms with van der Waals surface area (Å²) in [4.78, 5) is 22.5. The van der Waals surface area contributed by atoms with Gasteiger partial charge in [0.2, 0.25) is 0 Å². The van der Waals surface area contributed by atoms with Gasteiger partial charge < -0.3 is 10.4 Å². The summed E-state index contributed by atoms with van der Waals surface area (Å²) < 4.78 is 41.2. The zero-order chi connectivity index (χ0) is 19.3. The van der Waals surface area contributed by atoms with Gasteiger partial charge in [-0.3, -0.25) is 9.59 Å². The van der Waals surface area contributed by atoms with E-state index in [9.17, 15) is 22.8 Å². The number of nitrogens with zero attached hydrogens (tertiary/aromatic N) is 2. The highest BCUT2D eigenvalue weighted by atomic mass is 32.2. The molecule has 1 aromatic heterocycles. The minimum Gasteiger partial charge on any atom is -0.481 e. The van der Waals surface area contributed by atoms with E-state index >= 15 is 0 Å². The number of carboxylic acids is 1. The van der Waals surface area contributed by atoms with Crippen LogP contribution in [0.25, 0.3) is 5.69 Å². The van der Waals surface area contributed by atoms with Crippen LogP contribution in [0.3, 0.4) is 0 Å². The van der Waals surface area contributed by atoms with E-state index in [1.54, 1.807) is 19.1 Å². The molecule has 26 heavy (non-hydrogen) atoms. The number of rotatable bonds is 7. The van der Waals surface area contributed by atoms with Crippen molar-refractivity contribution in [1.82, 2.24) is 15.1 Å². The van der Waals surface area contributed by atoms with Crippen LogP contribution in [0.1, 0.15) is 21.6 Å². The molecule has 0 unspecified atom stereocenters. The molecule has 0 saturated heterocycles. The molecule has 2 N–H and O–H groups in total. The van der Waals surface area contributed by atoms with Crippen LogP contribution in [0.4, 0.5) is 13.2 Å². The lowest BCUT2D eigenvalue weighted by Crippen LogP contribution is -2.28. The number of alkyl halides is 3. The predicted octanol–water partition coefficient (Wildman–Crippen LogP) is 2.75. The fourth-order valence-electron chi connectivity index (χ4n) is 2.23. The first-order valence-corrected chi connectivity index (χ1v) is 8.65. The van der Waals surface area contributed by atoms with Crippen molar-refractivity contribution in [2.75, 3.05) is 18.1 Å². The van der Waals surface area contributed by atoms with E-state index in [4.69, 9.17) is 5.11 Å². The number of amides is 1. The highest BCUT2D eigenvalue weighted by molar-refractivity contribution is 7.99. The largest absolute Gasteiger partial charge is 0.481 e. The number of nitrogens with one attached hydrogen (secondary N) is 1. The molecule has 2 aromatic rings.